The van der Waals surface area contributed by atoms with E-state index in [1.54, 1.807) is 4.90 Å². The number of nitrogens with zero attached hydrogens (tertiary/aromatic N) is 3. The zero-order valence-corrected chi connectivity index (χ0v) is 19.7. The fourth-order valence-electron chi connectivity index (χ4n) is 6.06. The number of likely N-dealkylation sites (tertiary alicyclic amines) is 1. The molecule has 8 heteroatoms. The van der Waals surface area contributed by atoms with E-state index in [9.17, 15) is 14.4 Å². The van der Waals surface area contributed by atoms with Crippen LogP contribution in [0.2, 0.25) is 0 Å². The standard InChI is InChI=1S/C27H30N4O4/c32-25-8-7-23(26(33)29-25)31-16-18-13-20(5-6-21(18)27(31)34)35-24-4-2-1-3-22(24)30-14-19(15-30)17-9-11-28-12-10-17/h5-6,9-13,19,22-24H,1-4,7-8,14-16H2,(H,29,32,33)/t22-,23?,24-/m0/s1. The predicted molar refractivity (Wildman–Crippen MR) is 128 cm³/mol. The summed E-state index contributed by atoms with van der Waals surface area (Å²) in [5.41, 5.74) is 2.85. The second-order valence-electron chi connectivity index (χ2n) is 10.2. The largest absolute Gasteiger partial charge is 0.489 e. The van der Waals surface area contributed by atoms with Crippen molar-refractivity contribution >= 4 is 17.7 Å². The number of pyridine rings is 1. The number of carbonyl (C=O) groups excluding carboxylic acids is 3. The van der Waals surface area contributed by atoms with Gasteiger partial charge in [0.1, 0.15) is 17.9 Å². The van der Waals surface area contributed by atoms with Gasteiger partial charge in [-0.25, -0.2) is 0 Å². The maximum absolute atomic E-state index is 13.0. The van der Waals surface area contributed by atoms with E-state index in [1.165, 1.54) is 12.0 Å². The van der Waals surface area contributed by atoms with E-state index in [0.717, 1.165) is 43.7 Å². The van der Waals surface area contributed by atoms with Gasteiger partial charge in [-0.2, -0.15) is 0 Å². The Balaban J connectivity index is 1.12. The van der Waals surface area contributed by atoms with Gasteiger partial charge in [0.05, 0.1) is 0 Å². The molecule has 3 atom stereocenters. The Bertz CT molecular complexity index is 1150. The van der Waals surface area contributed by atoms with Crippen LogP contribution in [-0.4, -0.2) is 63.8 Å². The van der Waals surface area contributed by atoms with Crippen LogP contribution in [0.15, 0.2) is 42.7 Å². The second-order valence-corrected chi connectivity index (χ2v) is 10.2. The van der Waals surface area contributed by atoms with Crippen LogP contribution in [0, 0.1) is 0 Å². The third-order valence-electron chi connectivity index (χ3n) is 8.01. The lowest BCUT2D eigenvalue weighted by atomic mass is 9.84. The molecule has 1 aromatic carbocycles. The molecule has 2 aromatic rings. The third kappa shape index (κ3) is 4.20. The lowest BCUT2D eigenvalue weighted by Gasteiger charge is -2.48. The molecule has 6 rings (SSSR count). The van der Waals surface area contributed by atoms with Crippen molar-refractivity contribution in [2.45, 2.75) is 69.2 Å². The first-order valence-corrected chi connectivity index (χ1v) is 12.6. The van der Waals surface area contributed by atoms with Crippen molar-refractivity contribution in [1.82, 2.24) is 20.1 Å². The van der Waals surface area contributed by atoms with Crippen LogP contribution < -0.4 is 10.1 Å². The molecule has 1 unspecified atom stereocenters. The first kappa shape index (κ1) is 22.2. The third-order valence-corrected chi connectivity index (χ3v) is 8.01. The van der Waals surface area contributed by atoms with Gasteiger partial charge in [0.15, 0.2) is 0 Å². The molecular formula is C27H30N4O4. The topological polar surface area (TPSA) is 91.8 Å². The van der Waals surface area contributed by atoms with Gasteiger partial charge in [-0.3, -0.25) is 29.6 Å². The molecule has 35 heavy (non-hydrogen) atoms. The first-order chi connectivity index (χ1) is 17.1. The number of hydrogen-bond donors (Lipinski definition) is 1. The van der Waals surface area contributed by atoms with E-state index < -0.39 is 6.04 Å². The second kappa shape index (κ2) is 9.07. The van der Waals surface area contributed by atoms with Gasteiger partial charge >= 0.3 is 0 Å². The molecule has 1 N–H and O–H groups in total. The molecule has 2 saturated heterocycles. The van der Waals surface area contributed by atoms with E-state index >= 15 is 0 Å². The highest BCUT2D eigenvalue weighted by molar-refractivity contribution is 6.05. The summed E-state index contributed by atoms with van der Waals surface area (Å²) in [6.45, 7) is 2.47. The van der Waals surface area contributed by atoms with Crippen LogP contribution in [-0.2, 0) is 16.1 Å². The molecule has 1 aromatic heterocycles. The lowest BCUT2D eigenvalue weighted by molar-refractivity contribution is -0.136. The van der Waals surface area contributed by atoms with Crippen molar-refractivity contribution < 1.29 is 19.1 Å². The summed E-state index contributed by atoms with van der Waals surface area (Å²) in [5, 5.41) is 2.35. The Morgan fingerprint density at radius 3 is 2.57 bits per heavy atom. The molecule has 0 bridgehead atoms. The Kier molecular flexibility index (Phi) is 5.76. The van der Waals surface area contributed by atoms with Gasteiger partial charge in [0.25, 0.3) is 5.91 Å². The van der Waals surface area contributed by atoms with Crippen LogP contribution >= 0.6 is 0 Å². The summed E-state index contributed by atoms with van der Waals surface area (Å²) in [5.74, 6) is 0.528. The molecular weight excluding hydrogens is 444 g/mol. The molecule has 0 spiro atoms. The Morgan fingerprint density at radius 1 is 0.971 bits per heavy atom. The number of benzene rings is 1. The summed E-state index contributed by atoms with van der Waals surface area (Å²) in [7, 11) is 0. The van der Waals surface area contributed by atoms with Gasteiger partial charge in [0, 0.05) is 56.0 Å². The zero-order valence-electron chi connectivity index (χ0n) is 19.7. The highest BCUT2D eigenvalue weighted by Crippen LogP contribution is 2.36. The average Bonchev–Trinajstić information content (AvgIpc) is 3.15. The number of aromatic nitrogens is 1. The average molecular weight is 475 g/mol. The quantitative estimate of drug-likeness (QED) is 0.670. The summed E-state index contributed by atoms with van der Waals surface area (Å²) in [4.78, 5) is 45.0. The molecule has 3 fully saturated rings. The van der Waals surface area contributed by atoms with Crippen molar-refractivity contribution in [1.29, 1.82) is 0 Å². The van der Waals surface area contributed by atoms with E-state index in [1.807, 2.05) is 30.6 Å². The molecule has 182 valence electrons. The maximum atomic E-state index is 13.0. The smallest absolute Gasteiger partial charge is 0.255 e. The van der Waals surface area contributed by atoms with Gasteiger partial charge in [-0.1, -0.05) is 6.42 Å². The number of hydrogen-bond acceptors (Lipinski definition) is 6. The number of rotatable bonds is 5. The van der Waals surface area contributed by atoms with E-state index in [-0.39, 0.29) is 30.2 Å². The number of nitrogens with one attached hydrogen (secondary N) is 1. The van der Waals surface area contributed by atoms with E-state index in [4.69, 9.17) is 4.74 Å². The van der Waals surface area contributed by atoms with Crippen LogP contribution in [0.5, 0.6) is 5.75 Å². The molecule has 8 nitrogen and oxygen atoms in total. The van der Waals surface area contributed by atoms with E-state index in [2.05, 4.69) is 27.3 Å². The summed E-state index contributed by atoms with van der Waals surface area (Å²) < 4.78 is 6.54. The summed E-state index contributed by atoms with van der Waals surface area (Å²) in [6, 6.07) is 9.69. The highest BCUT2D eigenvalue weighted by Gasteiger charge is 2.41. The van der Waals surface area contributed by atoms with E-state index in [0.29, 0.717) is 30.5 Å². The van der Waals surface area contributed by atoms with Crippen molar-refractivity contribution in [2.24, 2.45) is 0 Å². The fraction of sp³-hybridized carbons (Fsp3) is 0.481. The lowest BCUT2D eigenvalue weighted by Crippen LogP contribution is -2.57. The van der Waals surface area contributed by atoms with Crippen LogP contribution in [0.4, 0.5) is 0 Å². The molecule has 3 aliphatic heterocycles. The van der Waals surface area contributed by atoms with Gasteiger partial charge in [-0.15, -0.1) is 0 Å². The maximum Gasteiger partial charge on any atom is 0.255 e. The molecule has 1 saturated carbocycles. The molecule has 4 heterocycles. The highest BCUT2D eigenvalue weighted by atomic mass is 16.5. The van der Waals surface area contributed by atoms with Crippen LogP contribution in [0.1, 0.15) is 65.9 Å². The minimum absolute atomic E-state index is 0.128. The molecule has 1 aliphatic carbocycles. The normalized spacial score (nSPS) is 27.4. The first-order valence-electron chi connectivity index (χ1n) is 12.6. The number of ether oxygens (including phenoxy) is 1. The van der Waals surface area contributed by atoms with Crippen LogP contribution in [0.3, 0.4) is 0 Å². The van der Waals surface area contributed by atoms with Crippen LogP contribution in [0.25, 0.3) is 0 Å². The number of amides is 3. The monoisotopic (exact) mass is 474 g/mol. The van der Waals surface area contributed by atoms with Crippen molar-refractivity contribution in [2.75, 3.05) is 13.1 Å². The Morgan fingerprint density at radius 2 is 1.77 bits per heavy atom. The minimum atomic E-state index is -0.598. The molecule has 3 amide bonds. The Labute approximate surface area is 204 Å². The van der Waals surface area contributed by atoms with Crippen molar-refractivity contribution in [3.8, 4) is 5.75 Å². The number of fused-ring (bicyclic) bond motifs is 1. The predicted octanol–water partition coefficient (Wildman–Crippen LogP) is 2.63. The zero-order chi connectivity index (χ0) is 23.9. The number of carbonyl (C=O) groups is 3. The minimum Gasteiger partial charge on any atom is -0.489 e. The Hall–Kier alpha value is -3.26. The number of imide groups is 1. The van der Waals surface area contributed by atoms with Gasteiger partial charge in [0.2, 0.25) is 11.8 Å². The molecule has 0 radical (unpaired) electrons. The van der Waals surface area contributed by atoms with Crippen molar-refractivity contribution in [3.63, 3.8) is 0 Å². The van der Waals surface area contributed by atoms with Crippen molar-refractivity contribution in [3.05, 3.63) is 59.4 Å². The van der Waals surface area contributed by atoms with Gasteiger partial charge in [-0.05, 0) is 67.1 Å². The summed E-state index contributed by atoms with van der Waals surface area (Å²) >= 11 is 0. The SMILES string of the molecule is O=C1CCC(N2Cc3cc(O[C@H]4CCCC[C@@H]4N4CC(c5ccncc5)C4)ccc3C2=O)C(=O)N1. The number of piperidine rings is 1. The van der Waals surface area contributed by atoms with Gasteiger partial charge < -0.3 is 9.64 Å². The molecule has 4 aliphatic rings. The summed E-state index contributed by atoms with van der Waals surface area (Å²) in [6.07, 6.45) is 9.04. The fourth-order valence-corrected chi connectivity index (χ4v) is 6.06.